The van der Waals surface area contributed by atoms with Gasteiger partial charge in [0.05, 0.1) is 12.2 Å². The molecule has 3 nitrogen and oxygen atoms in total. The molecule has 16 heavy (non-hydrogen) atoms. The molecule has 94 valence electrons. The molecule has 0 aromatic carbocycles. The van der Waals surface area contributed by atoms with Crippen molar-refractivity contribution in [1.29, 1.82) is 5.26 Å². The summed E-state index contributed by atoms with van der Waals surface area (Å²) in [6.07, 6.45) is 1.89. The minimum atomic E-state index is -0.466. The summed E-state index contributed by atoms with van der Waals surface area (Å²) in [6, 6.07) is 2.34. The van der Waals surface area contributed by atoms with Gasteiger partial charge >= 0.3 is 0 Å². The predicted octanol–water partition coefficient (Wildman–Crippen LogP) is 2.72. The fourth-order valence-electron chi connectivity index (χ4n) is 1.55. The maximum atomic E-state index is 9.17. The minimum absolute atomic E-state index is 0.122. The monoisotopic (exact) mass is 226 g/mol. The first-order chi connectivity index (χ1) is 7.43. The van der Waals surface area contributed by atoms with Gasteiger partial charge < -0.3 is 4.74 Å². The molecule has 0 aromatic rings. The number of hydrogen-bond acceptors (Lipinski definition) is 3. The van der Waals surface area contributed by atoms with Crippen molar-refractivity contribution in [2.45, 2.75) is 59.1 Å². The molecule has 0 heterocycles. The summed E-state index contributed by atoms with van der Waals surface area (Å²) in [5, 5.41) is 12.4. The fraction of sp³-hybridized carbons (Fsp3) is 0.923. The van der Waals surface area contributed by atoms with Crippen LogP contribution in [0.15, 0.2) is 0 Å². The molecule has 0 rings (SSSR count). The highest BCUT2D eigenvalue weighted by atomic mass is 16.5. The quantitative estimate of drug-likeness (QED) is 0.692. The number of nitrogens with zero attached hydrogens (tertiary/aromatic N) is 1. The van der Waals surface area contributed by atoms with Crippen molar-refractivity contribution in [2.24, 2.45) is 5.92 Å². The Balaban J connectivity index is 4.05. The van der Waals surface area contributed by atoms with Gasteiger partial charge in [-0.3, -0.25) is 5.32 Å². The molecule has 2 atom stereocenters. The number of ether oxygens (including phenoxy) is 1. The lowest BCUT2D eigenvalue weighted by atomic mass is 9.96. The zero-order chi connectivity index (χ0) is 12.6. The Morgan fingerprint density at radius 2 is 2.00 bits per heavy atom. The van der Waals surface area contributed by atoms with E-state index in [9.17, 15) is 5.26 Å². The van der Waals surface area contributed by atoms with Crippen LogP contribution in [0.1, 0.15) is 47.5 Å². The molecule has 3 heteroatoms. The normalized spacial score (nSPS) is 16.8. The van der Waals surface area contributed by atoms with Crippen LogP contribution in [0.5, 0.6) is 0 Å². The van der Waals surface area contributed by atoms with Crippen LogP contribution in [-0.2, 0) is 4.74 Å². The number of hydrogen-bond donors (Lipinski definition) is 1. The lowest BCUT2D eigenvalue weighted by Gasteiger charge is -2.27. The Kier molecular flexibility index (Phi) is 7.36. The van der Waals surface area contributed by atoms with Crippen LogP contribution in [0, 0.1) is 17.2 Å². The molecule has 0 aliphatic rings. The van der Waals surface area contributed by atoms with Gasteiger partial charge in [0.25, 0.3) is 0 Å². The van der Waals surface area contributed by atoms with E-state index in [0.717, 1.165) is 26.0 Å². The highest BCUT2D eigenvalue weighted by molar-refractivity contribution is 5.04. The average Bonchev–Trinajstić information content (AvgIpc) is 2.23. The molecule has 1 N–H and O–H groups in total. The summed E-state index contributed by atoms with van der Waals surface area (Å²) in [5.41, 5.74) is -0.466. The van der Waals surface area contributed by atoms with Gasteiger partial charge in [-0.05, 0) is 32.7 Å². The molecule has 2 unspecified atom stereocenters. The lowest BCUT2D eigenvalue weighted by molar-refractivity contribution is 0.0315. The predicted molar refractivity (Wildman–Crippen MR) is 67.2 cm³/mol. The van der Waals surface area contributed by atoms with E-state index in [-0.39, 0.29) is 6.10 Å². The van der Waals surface area contributed by atoms with Gasteiger partial charge in [-0.25, -0.2) is 0 Å². The Bertz CT molecular complexity index is 222. The molecular formula is C13H26N2O. The third-order valence-corrected chi connectivity index (χ3v) is 2.42. The molecule has 0 amide bonds. The first-order valence-electron chi connectivity index (χ1n) is 6.21. The van der Waals surface area contributed by atoms with E-state index in [1.807, 2.05) is 13.8 Å². The Labute approximate surface area is 100 Å². The zero-order valence-corrected chi connectivity index (χ0v) is 11.3. The third-order valence-electron chi connectivity index (χ3n) is 2.42. The first-order valence-corrected chi connectivity index (χ1v) is 6.21. The second-order valence-corrected chi connectivity index (χ2v) is 5.11. The molecule has 0 radical (unpaired) electrons. The van der Waals surface area contributed by atoms with Crippen LogP contribution in [0.2, 0.25) is 0 Å². The van der Waals surface area contributed by atoms with Gasteiger partial charge in [0, 0.05) is 13.0 Å². The lowest BCUT2D eigenvalue weighted by Crippen LogP contribution is -2.44. The van der Waals surface area contributed by atoms with Crippen LogP contribution in [0.4, 0.5) is 0 Å². The molecular weight excluding hydrogens is 200 g/mol. The van der Waals surface area contributed by atoms with Crippen LogP contribution in [0.25, 0.3) is 0 Å². The Morgan fingerprint density at radius 3 is 2.44 bits per heavy atom. The number of nitrogens with one attached hydrogen (secondary N) is 1. The largest absolute Gasteiger partial charge is 0.378 e. The molecule has 0 aromatic heterocycles. The van der Waals surface area contributed by atoms with Crippen molar-refractivity contribution in [3.8, 4) is 6.07 Å². The second kappa shape index (κ2) is 7.65. The smallest absolute Gasteiger partial charge is 0.106 e. The van der Waals surface area contributed by atoms with Crippen molar-refractivity contribution in [3.05, 3.63) is 0 Å². The molecule has 0 spiro atoms. The standard InChI is InChI=1S/C13H26N2O/c1-6-7-15-13(5,10-14)8-12(4)16-9-11(2)3/h11-12,15H,6-9H2,1-5H3. The SMILES string of the molecule is CCCNC(C)(C#N)CC(C)OCC(C)C. The summed E-state index contributed by atoms with van der Waals surface area (Å²) >= 11 is 0. The maximum Gasteiger partial charge on any atom is 0.106 e. The second-order valence-electron chi connectivity index (χ2n) is 5.11. The van der Waals surface area contributed by atoms with Crippen LogP contribution in [-0.4, -0.2) is 24.8 Å². The van der Waals surface area contributed by atoms with Crippen molar-refractivity contribution in [2.75, 3.05) is 13.2 Å². The molecule has 0 bridgehead atoms. The summed E-state index contributed by atoms with van der Waals surface area (Å²) in [5.74, 6) is 0.541. The summed E-state index contributed by atoms with van der Waals surface area (Å²) in [7, 11) is 0. The maximum absolute atomic E-state index is 9.17. The molecule has 0 aliphatic carbocycles. The summed E-state index contributed by atoms with van der Waals surface area (Å²) < 4.78 is 5.69. The molecule has 0 fully saturated rings. The number of rotatable bonds is 8. The van der Waals surface area contributed by atoms with E-state index in [0.29, 0.717) is 5.92 Å². The van der Waals surface area contributed by atoms with E-state index in [2.05, 4.69) is 32.2 Å². The molecule has 0 saturated heterocycles. The van der Waals surface area contributed by atoms with Crippen molar-refractivity contribution >= 4 is 0 Å². The minimum Gasteiger partial charge on any atom is -0.378 e. The summed E-state index contributed by atoms with van der Waals surface area (Å²) in [4.78, 5) is 0. The van der Waals surface area contributed by atoms with Crippen molar-refractivity contribution in [3.63, 3.8) is 0 Å². The van der Waals surface area contributed by atoms with Gasteiger partial charge in [-0.1, -0.05) is 20.8 Å². The van der Waals surface area contributed by atoms with Gasteiger partial charge in [0.1, 0.15) is 5.54 Å². The topological polar surface area (TPSA) is 45.0 Å². The number of nitriles is 1. The average molecular weight is 226 g/mol. The van der Waals surface area contributed by atoms with Gasteiger partial charge in [-0.2, -0.15) is 5.26 Å². The van der Waals surface area contributed by atoms with E-state index in [4.69, 9.17) is 4.74 Å². The van der Waals surface area contributed by atoms with E-state index >= 15 is 0 Å². The van der Waals surface area contributed by atoms with Gasteiger partial charge in [0.2, 0.25) is 0 Å². The van der Waals surface area contributed by atoms with E-state index < -0.39 is 5.54 Å². The zero-order valence-electron chi connectivity index (χ0n) is 11.3. The van der Waals surface area contributed by atoms with Gasteiger partial charge in [0.15, 0.2) is 0 Å². The van der Waals surface area contributed by atoms with Crippen LogP contribution in [0.3, 0.4) is 0 Å². The van der Waals surface area contributed by atoms with Crippen molar-refractivity contribution < 1.29 is 4.74 Å². The Morgan fingerprint density at radius 1 is 1.38 bits per heavy atom. The fourth-order valence-corrected chi connectivity index (χ4v) is 1.55. The Hall–Kier alpha value is -0.590. The van der Waals surface area contributed by atoms with Crippen molar-refractivity contribution in [1.82, 2.24) is 5.32 Å². The van der Waals surface area contributed by atoms with Gasteiger partial charge in [-0.15, -0.1) is 0 Å². The molecule has 0 saturated carbocycles. The van der Waals surface area contributed by atoms with Crippen LogP contribution >= 0.6 is 0 Å². The molecule has 0 aliphatic heterocycles. The van der Waals surface area contributed by atoms with E-state index in [1.165, 1.54) is 0 Å². The highest BCUT2D eigenvalue weighted by Gasteiger charge is 2.25. The highest BCUT2D eigenvalue weighted by Crippen LogP contribution is 2.14. The first kappa shape index (κ1) is 15.4. The summed E-state index contributed by atoms with van der Waals surface area (Å²) in [6.45, 7) is 12.0. The van der Waals surface area contributed by atoms with E-state index in [1.54, 1.807) is 0 Å². The third kappa shape index (κ3) is 6.81. The van der Waals surface area contributed by atoms with Crippen LogP contribution < -0.4 is 5.32 Å².